The number of hydrogen-bond acceptors (Lipinski definition) is 7. The zero-order valence-electron chi connectivity index (χ0n) is 18.3. The maximum atomic E-state index is 11.5. The summed E-state index contributed by atoms with van der Waals surface area (Å²) in [7, 11) is 1.61. The van der Waals surface area contributed by atoms with Crippen molar-refractivity contribution >= 4 is 28.7 Å². The van der Waals surface area contributed by atoms with Crippen LogP contribution in [0.5, 0.6) is 5.88 Å². The van der Waals surface area contributed by atoms with Crippen LogP contribution in [-0.4, -0.2) is 53.9 Å². The van der Waals surface area contributed by atoms with Gasteiger partial charge < -0.3 is 20.4 Å². The van der Waals surface area contributed by atoms with Crippen LogP contribution in [0.15, 0.2) is 31.0 Å². The second-order valence-corrected chi connectivity index (χ2v) is 8.62. The van der Waals surface area contributed by atoms with Crippen molar-refractivity contribution in [1.29, 1.82) is 0 Å². The minimum Gasteiger partial charge on any atom is -0.480 e. The SMILES string of the molecule is COc1nc(NC2CCC(C)(NC(C)=O)CC2)nc2[nH]cc(-c3cnc4nccn4c3)c12. The van der Waals surface area contributed by atoms with E-state index in [9.17, 15) is 4.79 Å². The minimum atomic E-state index is -0.148. The number of hydrogen-bond donors (Lipinski definition) is 3. The molecule has 10 nitrogen and oxygen atoms in total. The molecule has 1 amide bonds. The Morgan fingerprint density at radius 3 is 2.84 bits per heavy atom. The summed E-state index contributed by atoms with van der Waals surface area (Å²) >= 11 is 0. The van der Waals surface area contributed by atoms with E-state index in [0.717, 1.165) is 42.2 Å². The van der Waals surface area contributed by atoms with Crippen LogP contribution in [0.2, 0.25) is 0 Å². The fraction of sp³-hybridized carbons (Fsp3) is 0.409. The molecule has 32 heavy (non-hydrogen) atoms. The molecule has 0 saturated heterocycles. The molecule has 1 aliphatic rings. The molecule has 0 unspecified atom stereocenters. The summed E-state index contributed by atoms with van der Waals surface area (Å²) in [4.78, 5) is 32.6. The van der Waals surface area contributed by atoms with Gasteiger partial charge in [0.1, 0.15) is 5.65 Å². The van der Waals surface area contributed by atoms with Crippen molar-refractivity contribution < 1.29 is 9.53 Å². The molecule has 1 aliphatic carbocycles. The number of nitrogens with one attached hydrogen (secondary N) is 3. The zero-order valence-corrected chi connectivity index (χ0v) is 18.3. The number of aromatic amines is 1. The molecule has 4 aromatic heterocycles. The smallest absolute Gasteiger partial charge is 0.233 e. The van der Waals surface area contributed by atoms with Gasteiger partial charge in [-0.05, 0) is 32.6 Å². The van der Waals surface area contributed by atoms with Gasteiger partial charge in [0.05, 0.1) is 12.5 Å². The number of fused-ring (bicyclic) bond motifs is 2. The number of carbonyl (C=O) groups is 1. The number of aromatic nitrogens is 6. The van der Waals surface area contributed by atoms with E-state index >= 15 is 0 Å². The predicted octanol–water partition coefficient (Wildman–Crippen LogP) is 2.93. The fourth-order valence-electron chi connectivity index (χ4n) is 4.53. The Hall–Kier alpha value is -3.69. The predicted molar refractivity (Wildman–Crippen MR) is 121 cm³/mol. The van der Waals surface area contributed by atoms with Crippen LogP contribution in [0.4, 0.5) is 5.95 Å². The number of imidazole rings is 1. The molecule has 5 rings (SSSR count). The largest absolute Gasteiger partial charge is 0.480 e. The van der Waals surface area contributed by atoms with Crippen molar-refractivity contribution in [3.8, 4) is 17.0 Å². The summed E-state index contributed by atoms with van der Waals surface area (Å²) in [6.45, 7) is 3.67. The van der Waals surface area contributed by atoms with E-state index in [1.165, 1.54) is 0 Å². The molecule has 4 aromatic rings. The van der Waals surface area contributed by atoms with E-state index < -0.39 is 0 Å². The Labute approximate surface area is 184 Å². The van der Waals surface area contributed by atoms with Gasteiger partial charge >= 0.3 is 0 Å². The third kappa shape index (κ3) is 3.72. The molecule has 0 radical (unpaired) electrons. The summed E-state index contributed by atoms with van der Waals surface area (Å²) in [6, 6.07) is 0.237. The highest BCUT2D eigenvalue weighted by Crippen LogP contribution is 2.35. The fourth-order valence-corrected chi connectivity index (χ4v) is 4.53. The Bertz CT molecular complexity index is 1290. The van der Waals surface area contributed by atoms with E-state index in [4.69, 9.17) is 9.72 Å². The van der Waals surface area contributed by atoms with Crippen LogP contribution in [0.1, 0.15) is 39.5 Å². The Morgan fingerprint density at radius 2 is 2.09 bits per heavy atom. The van der Waals surface area contributed by atoms with Crippen molar-refractivity contribution in [2.24, 2.45) is 0 Å². The van der Waals surface area contributed by atoms with Crippen molar-refractivity contribution in [3.05, 3.63) is 31.0 Å². The van der Waals surface area contributed by atoms with E-state index in [1.807, 2.05) is 23.0 Å². The second-order valence-electron chi connectivity index (χ2n) is 8.62. The second kappa shape index (κ2) is 7.77. The first kappa shape index (κ1) is 20.2. The molecule has 0 bridgehead atoms. The van der Waals surface area contributed by atoms with Crippen LogP contribution in [0, 0.1) is 0 Å². The molecule has 0 aromatic carbocycles. The van der Waals surface area contributed by atoms with Gasteiger partial charge in [-0.1, -0.05) is 0 Å². The normalized spacial score (nSPS) is 21.0. The summed E-state index contributed by atoms with van der Waals surface area (Å²) in [6.07, 6.45) is 12.9. The van der Waals surface area contributed by atoms with Gasteiger partial charge in [-0.2, -0.15) is 9.97 Å². The van der Waals surface area contributed by atoms with Gasteiger partial charge in [-0.15, -0.1) is 0 Å². The number of ether oxygens (including phenoxy) is 1. The van der Waals surface area contributed by atoms with Gasteiger partial charge in [0, 0.05) is 60.6 Å². The van der Waals surface area contributed by atoms with Crippen LogP contribution < -0.4 is 15.4 Å². The quantitative estimate of drug-likeness (QED) is 0.441. The third-order valence-corrected chi connectivity index (χ3v) is 6.15. The Balaban J connectivity index is 1.40. The van der Waals surface area contributed by atoms with E-state index in [0.29, 0.717) is 23.3 Å². The Kier molecular flexibility index (Phi) is 4.91. The number of anilines is 1. The standard InChI is InChI=1S/C22H26N8O2/c1-13(31)29-22(2)6-4-15(5-7-22)26-20-27-18-17(19(28-20)32-3)16(11-24-18)14-10-25-21-23-8-9-30(21)12-14/h8-12,15H,4-7H2,1-3H3,(H,29,31)(H2,24,26,27,28). The number of amides is 1. The summed E-state index contributed by atoms with van der Waals surface area (Å²) in [5.41, 5.74) is 2.37. The Morgan fingerprint density at radius 1 is 1.28 bits per heavy atom. The molecule has 1 fully saturated rings. The molecule has 0 atom stereocenters. The van der Waals surface area contributed by atoms with Gasteiger partial charge in [0.2, 0.25) is 23.5 Å². The lowest BCUT2D eigenvalue weighted by Gasteiger charge is -2.38. The first-order chi connectivity index (χ1) is 15.4. The number of methoxy groups -OCH3 is 1. The average molecular weight is 435 g/mol. The summed E-state index contributed by atoms with van der Waals surface area (Å²) in [5.74, 6) is 1.69. The number of carbonyl (C=O) groups excluding carboxylic acids is 1. The molecule has 4 heterocycles. The highest BCUT2D eigenvalue weighted by molar-refractivity contribution is 5.97. The number of nitrogens with zero attached hydrogens (tertiary/aromatic N) is 5. The van der Waals surface area contributed by atoms with Gasteiger partial charge in [0.15, 0.2) is 0 Å². The van der Waals surface area contributed by atoms with Gasteiger partial charge in [0.25, 0.3) is 0 Å². The highest BCUT2D eigenvalue weighted by Gasteiger charge is 2.32. The first-order valence-electron chi connectivity index (χ1n) is 10.7. The lowest BCUT2D eigenvalue weighted by atomic mass is 9.81. The maximum Gasteiger partial charge on any atom is 0.233 e. The monoisotopic (exact) mass is 434 g/mol. The summed E-state index contributed by atoms with van der Waals surface area (Å²) in [5, 5.41) is 7.33. The molecular weight excluding hydrogens is 408 g/mol. The highest BCUT2D eigenvalue weighted by atomic mass is 16.5. The molecule has 10 heteroatoms. The average Bonchev–Trinajstić information content (AvgIpc) is 3.40. The van der Waals surface area contributed by atoms with Crippen molar-refractivity contribution in [1.82, 2.24) is 34.6 Å². The lowest BCUT2D eigenvalue weighted by molar-refractivity contribution is -0.121. The topological polar surface area (TPSA) is 122 Å². The van der Waals surface area contributed by atoms with Crippen LogP contribution in [0.3, 0.4) is 0 Å². The van der Waals surface area contributed by atoms with Crippen molar-refractivity contribution in [2.45, 2.75) is 51.1 Å². The van der Waals surface area contributed by atoms with Crippen molar-refractivity contribution in [3.63, 3.8) is 0 Å². The van der Waals surface area contributed by atoms with Crippen LogP contribution in [0.25, 0.3) is 27.9 Å². The van der Waals surface area contributed by atoms with E-state index in [2.05, 4.69) is 37.5 Å². The summed E-state index contributed by atoms with van der Waals surface area (Å²) < 4.78 is 7.50. The first-order valence-corrected chi connectivity index (χ1v) is 10.7. The van der Waals surface area contributed by atoms with Crippen LogP contribution >= 0.6 is 0 Å². The molecule has 3 N–H and O–H groups in total. The van der Waals surface area contributed by atoms with E-state index in [1.54, 1.807) is 26.4 Å². The molecule has 166 valence electrons. The van der Waals surface area contributed by atoms with Gasteiger partial charge in [-0.3, -0.25) is 9.20 Å². The van der Waals surface area contributed by atoms with Gasteiger partial charge in [-0.25, -0.2) is 9.97 Å². The molecule has 0 aliphatic heterocycles. The maximum absolute atomic E-state index is 11.5. The molecule has 0 spiro atoms. The van der Waals surface area contributed by atoms with Crippen molar-refractivity contribution in [2.75, 3.05) is 12.4 Å². The minimum absolute atomic E-state index is 0.0161. The zero-order chi connectivity index (χ0) is 22.3. The lowest BCUT2D eigenvalue weighted by Crippen LogP contribution is -2.49. The molecular formula is C22H26N8O2. The van der Waals surface area contributed by atoms with E-state index in [-0.39, 0.29) is 17.5 Å². The number of H-pyrrole nitrogens is 1. The number of rotatable bonds is 5. The third-order valence-electron chi connectivity index (χ3n) is 6.15. The molecule has 1 saturated carbocycles. The van der Waals surface area contributed by atoms with Crippen LogP contribution in [-0.2, 0) is 4.79 Å².